The highest BCUT2D eigenvalue weighted by atomic mass is 19.4. The summed E-state index contributed by atoms with van der Waals surface area (Å²) in [7, 11) is 0. The molecular weight excluding hydrogens is 549 g/mol. The minimum absolute atomic E-state index is 0.0285. The first-order valence-corrected chi connectivity index (χ1v) is 13.5. The van der Waals surface area contributed by atoms with Gasteiger partial charge in [-0.3, -0.25) is 14.5 Å². The summed E-state index contributed by atoms with van der Waals surface area (Å²) in [6.07, 6.45) is -0.540. The molecule has 2 amide bonds. The number of alkyl halides is 3. The number of nitrogens with one attached hydrogen (secondary N) is 1. The van der Waals surface area contributed by atoms with Gasteiger partial charge >= 0.3 is 12.1 Å². The van der Waals surface area contributed by atoms with Crippen LogP contribution in [0.4, 0.5) is 22.0 Å². The molecule has 0 bridgehead atoms. The minimum Gasteiger partial charge on any atom is -0.475 e. The van der Waals surface area contributed by atoms with Gasteiger partial charge in [-0.25, -0.2) is 13.6 Å². The summed E-state index contributed by atoms with van der Waals surface area (Å²) in [5, 5.41) is 9.75. The molecule has 2 fully saturated rings. The van der Waals surface area contributed by atoms with Gasteiger partial charge in [0.25, 0.3) is 11.8 Å². The Bertz CT molecular complexity index is 1190. The minimum atomic E-state index is -5.08. The Labute approximate surface area is 235 Å². The molecule has 2 aromatic rings. The number of aliphatic carboxylic acids is 1. The largest absolute Gasteiger partial charge is 0.490 e. The topological polar surface area (TPSA) is 90.0 Å². The van der Waals surface area contributed by atoms with E-state index in [4.69, 9.17) is 9.90 Å². The summed E-state index contributed by atoms with van der Waals surface area (Å²) in [5.41, 5.74) is 0.693. The van der Waals surface area contributed by atoms with Crippen molar-refractivity contribution in [1.82, 2.24) is 15.1 Å². The second kappa shape index (κ2) is 13.9. The van der Waals surface area contributed by atoms with Crippen LogP contribution in [-0.4, -0.2) is 71.1 Å². The lowest BCUT2D eigenvalue weighted by molar-refractivity contribution is -0.192. The maximum absolute atomic E-state index is 14.0. The number of carboxylic acids is 1. The molecule has 0 spiro atoms. The molecule has 2 aliphatic heterocycles. The molecule has 7 nitrogen and oxygen atoms in total. The third kappa shape index (κ3) is 8.72. The van der Waals surface area contributed by atoms with Gasteiger partial charge in [-0.15, -0.1) is 0 Å². The molecule has 2 aliphatic rings. The Hall–Kier alpha value is -3.54. The highest BCUT2D eigenvalue weighted by molar-refractivity contribution is 5.98. The number of hydrogen-bond donors (Lipinski definition) is 2. The van der Waals surface area contributed by atoms with Gasteiger partial charge in [0.2, 0.25) is 0 Å². The highest BCUT2D eigenvalue weighted by Crippen LogP contribution is 2.25. The number of nitrogens with zero attached hydrogens (tertiary/aromatic N) is 2. The molecule has 0 saturated carbocycles. The maximum atomic E-state index is 14.0. The summed E-state index contributed by atoms with van der Waals surface area (Å²) in [6, 6.07) is 9.78. The van der Waals surface area contributed by atoms with Crippen LogP contribution in [0.2, 0.25) is 0 Å². The van der Waals surface area contributed by atoms with E-state index in [2.05, 4.69) is 17.1 Å². The fourth-order valence-corrected chi connectivity index (χ4v) is 5.21. The second-order valence-corrected chi connectivity index (χ2v) is 10.5. The summed E-state index contributed by atoms with van der Waals surface area (Å²) in [5.74, 6) is -3.89. The molecule has 0 radical (unpaired) electrons. The Morgan fingerprint density at radius 2 is 1.46 bits per heavy atom. The van der Waals surface area contributed by atoms with Gasteiger partial charge in [-0.1, -0.05) is 13.0 Å². The Morgan fingerprint density at radius 3 is 1.98 bits per heavy atom. The summed E-state index contributed by atoms with van der Waals surface area (Å²) in [6.45, 7) is 7.64. The van der Waals surface area contributed by atoms with Crippen LogP contribution in [0.1, 0.15) is 71.9 Å². The van der Waals surface area contributed by atoms with Gasteiger partial charge < -0.3 is 15.3 Å². The van der Waals surface area contributed by atoms with Crippen LogP contribution < -0.4 is 5.32 Å². The van der Waals surface area contributed by atoms with Crippen LogP contribution >= 0.6 is 0 Å². The van der Waals surface area contributed by atoms with E-state index in [-0.39, 0.29) is 11.5 Å². The van der Waals surface area contributed by atoms with Crippen molar-refractivity contribution in [2.75, 3.05) is 26.2 Å². The van der Waals surface area contributed by atoms with Gasteiger partial charge in [0, 0.05) is 42.4 Å². The van der Waals surface area contributed by atoms with Gasteiger partial charge in [0.05, 0.1) is 6.04 Å². The van der Waals surface area contributed by atoms with Crippen LogP contribution in [0.25, 0.3) is 0 Å². The highest BCUT2D eigenvalue weighted by Gasteiger charge is 2.38. The van der Waals surface area contributed by atoms with Crippen molar-refractivity contribution in [2.24, 2.45) is 5.92 Å². The maximum Gasteiger partial charge on any atom is 0.490 e. The molecule has 2 aromatic carbocycles. The zero-order chi connectivity index (χ0) is 30.3. The van der Waals surface area contributed by atoms with Gasteiger partial charge in [-0.2, -0.15) is 13.2 Å². The molecule has 4 rings (SSSR count). The predicted octanol–water partition coefficient (Wildman–Crippen LogP) is 5.43. The number of carbonyl (C=O) groups is 3. The van der Waals surface area contributed by atoms with Crippen molar-refractivity contribution in [3.05, 3.63) is 70.8 Å². The van der Waals surface area contributed by atoms with Crippen molar-refractivity contribution in [1.29, 1.82) is 0 Å². The average molecular weight is 584 g/mol. The molecule has 2 heterocycles. The fourth-order valence-electron chi connectivity index (χ4n) is 5.21. The number of carbonyl (C=O) groups excluding carboxylic acids is 2. The number of amides is 2. The lowest BCUT2D eigenvalue weighted by atomic mass is 9.95. The molecule has 1 unspecified atom stereocenters. The SMILES string of the molecule is CC(NC(=O)c1ccc(C(=O)N2CCC(N3CCC[C@@H](C)C3)CC2)cc1)c1c(F)cccc1F.O=C(O)C(F)(F)F. The number of rotatable bonds is 5. The fraction of sp³-hybridized carbons (Fsp3) is 0.483. The van der Waals surface area contributed by atoms with Gasteiger partial charge in [-0.05, 0) is 81.5 Å². The van der Waals surface area contributed by atoms with E-state index in [1.54, 1.807) is 24.3 Å². The Morgan fingerprint density at radius 1 is 0.927 bits per heavy atom. The number of benzene rings is 2. The third-order valence-corrected chi connectivity index (χ3v) is 7.37. The number of piperidine rings is 2. The third-order valence-electron chi connectivity index (χ3n) is 7.37. The molecule has 2 atom stereocenters. The molecule has 0 aliphatic carbocycles. The average Bonchev–Trinajstić information content (AvgIpc) is 2.92. The Balaban J connectivity index is 0.000000587. The monoisotopic (exact) mass is 583 g/mol. The zero-order valence-electron chi connectivity index (χ0n) is 22.9. The smallest absolute Gasteiger partial charge is 0.475 e. The molecule has 2 N–H and O–H groups in total. The number of halogens is 5. The lowest BCUT2D eigenvalue weighted by Gasteiger charge is -2.41. The van der Waals surface area contributed by atoms with E-state index in [0.29, 0.717) is 17.2 Å². The summed E-state index contributed by atoms with van der Waals surface area (Å²) < 4.78 is 59.7. The molecule has 2 saturated heterocycles. The Kier molecular flexibility index (Phi) is 10.8. The van der Waals surface area contributed by atoms with E-state index in [1.165, 1.54) is 25.8 Å². The van der Waals surface area contributed by atoms with E-state index in [9.17, 15) is 31.5 Å². The first kappa shape index (κ1) is 32.0. The molecule has 41 heavy (non-hydrogen) atoms. The molecule has 0 aromatic heterocycles. The number of carboxylic acid groups (broad SMARTS) is 1. The first-order chi connectivity index (χ1) is 19.3. The normalized spacial score (nSPS) is 19.1. The van der Waals surface area contributed by atoms with Gasteiger partial charge in [0.15, 0.2) is 0 Å². The van der Waals surface area contributed by atoms with Crippen molar-refractivity contribution in [2.45, 2.75) is 57.8 Å². The quantitative estimate of drug-likeness (QED) is 0.459. The molecule has 224 valence electrons. The van der Waals surface area contributed by atoms with Crippen LogP contribution in [0, 0.1) is 17.6 Å². The van der Waals surface area contributed by atoms with E-state index >= 15 is 0 Å². The summed E-state index contributed by atoms with van der Waals surface area (Å²) >= 11 is 0. The van der Waals surface area contributed by atoms with Crippen molar-refractivity contribution >= 4 is 17.8 Å². The molecular formula is C29H34F5N3O4. The van der Waals surface area contributed by atoms with E-state index < -0.39 is 35.7 Å². The standard InChI is InChI=1S/C27H33F2N3O2.C2HF3O2/c1-18-5-4-14-32(17-18)22-12-15-31(16-13-22)27(34)21-10-8-20(9-11-21)26(33)30-19(2)25-23(28)6-3-7-24(25)29;3-2(4,5)1(6)7/h3,6-11,18-19,22H,4-5,12-17H2,1-2H3,(H,30,33);(H,6,7)/t18-,19?;/m1./s1. The number of hydrogen-bond acceptors (Lipinski definition) is 4. The van der Waals surface area contributed by atoms with Crippen LogP contribution in [0.5, 0.6) is 0 Å². The zero-order valence-corrected chi connectivity index (χ0v) is 22.9. The second-order valence-electron chi connectivity index (χ2n) is 10.5. The van der Waals surface area contributed by atoms with Gasteiger partial charge in [0.1, 0.15) is 11.6 Å². The van der Waals surface area contributed by atoms with Crippen LogP contribution in [0.15, 0.2) is 42.5 Å². The first-order valence-electron chi connectivity index (χ1n) is 13.5. The van der Waals surface area contributed by atoms with Crippen molar-refractivity contribution in [3.63, 3.8) is 0 Å². The van der Waals surface area contributed by atoms with Crippen molar-refractivity contribution in [3.8, 4) is 0 Å². The number of likely N-dealkylation sites (tertiary alicyclic amines) is 2. The van der Waals surface area contributed by atoms with E-state index in [0.717, 1.165) is 57.1 Å². The van der Waals surface area contributed by atoms with Crippen LogP contribution in [0.3, 0.4) is 0 Å². The molecule has 12 heteroatoms. The van der Waals surface area contributed by atoms with E-state index in [1.807, 2.05) is 4.90 Å². The lowest BCUT2D eigenvalue weighted by Crippen LogP contribution is -2.49. The van der Waals surface area contributed by atoms with Crippen LogP contribution in [-0.2, 0) is 4.79 Å². The summed E-state index contributed by atoms with van der Waals surface area (Å²) in [4.78, 5) is 39.0. The van der Waals surface area contributed by atoms with Crippen molar-refractivity contribution < 1.29 is 41.4 Å². The predicted molar refractivity (Wildman–Crippen MR) is 141 cm³/mol.